The predicted molar refractivity (Wildman–Crippen MR) is 69.2 cm³/mol. The van der Waals surface area contributed by atoms with Gasteiger partial charge in [-0.1, -0.05) is 15.9 Å². The molecule has 0 aliphatic carbocycles. The average Bonchev–Trinajstić information content (AvgIpc) is 2.37. The van der Waals surface area contributed by atoms with Crippen LogP contribution >= 0.6 is 15.9 Å². The van der Waals surface area contributed by atoms with E-state index in [2.05, 4.69) is 21.2 Å². The summed E-state index contributed by atoms with van der Waals surface area (Å²) in [6.07, 6.45) is 0. The Morgan fingerprint density at radius 2 is 2.32 bits per heavy atom. The molecule has 1 aromatic carbocycles. The second kappa shape index (κ2) is 6.01. The first kappa shape index (κ1) is 13.8. The molecule has 5 nitrogen and oxygen atoms in total. The van der Waals surface area contributed by atoms with E-state index in [0.717, 1.165) is 0 Å². The van der Waals surface area contributed by atoms with E-state index < -0.39 is 5.82 Å². The smallest absolute Gasteiger partial charge is 0.261 e. The fraction of sp³-hybridized carbons (Fsp3) is 0.333. The fourth-order valence-electron chi connectivity index (χ4n) is 1.67. The summed E-state index contributed by atoms with van der Waals surface area (Å²) in [5, 5.41) is 2.62. The Morgan fingerprint density at radius 3 is 3.00 bits per heavy atom. The van der Waals surface area contributed by atoms with Crippen molar-refractivity contribution >= 4 is 27.7 Å². The lowest BCUT2D eigenvalue weighted by molar-refractivity contribution is -0.139. The molecule has 0 bridgehead atoms. The van der Waals surface area contributed by atoms with E-state index in [1.807, 2.05) is 0 Å². The van der Waals surface area contributed by atoms with Crippen LogP contribution in [0.2, 0.25) is 0 Å². The van der Waals surface area contributed by atoms with E-state index in [-0.39, 0.29) is 30.7 Å². The zero-order valence-corrected chi connectivity index (χ0v) is 11.6. The molecule has 19 heavy (non-hydrogen) atoms. The zero-order chi connectivity index (χ0) is 13.8. The number of benzene rings is 1. The Labute approximate surface area is 117 Å². The Morgan fingerprint density at radius 1 is 1.53 bits per heavy atom. The summed E-state index contributed by atoms with van der Waals surface area (Å²) in [6, 6.07) is 4.32. The van der Waals surface area contributed by atoms with Crippen molar-refractivity contribution in [1.82, 2.24) is 10.2 Å². The quantitative estimate of drug-likeness (QED) is 0.896. The number of ether oxygens (including phenoxy) is 1. The minimum absolute atomic E-state index is 0.0120. The van der Waals surface area contributed by atoms with Gasteiger partial charge < -0.3 is 15.0 Å². The van der Waals surface area contributed by atoms with Gasteiger partial charge in [0.25, 0.3) is 5.91 Å². The standard InChI is InChI=1S/C12H12BrFN2O3/c13-8-1-2-10(9(14)5-8)19-7-12(18)16-4-3-15-11(17)6-16/h1-2,5H,3-4,6-7H2,(H,15,17). The van der Waals surface area contributed by atoms with Gasteiger partial charge in [0.2, 0.25) is 5.91 Å². The van der Waals surface area contributed by atoms with Crippen LogP contribution in [0, 0.1) is 5.82 Å². The van der Waals surface area contributed by atoms with Crippen LogP contribution in [-0.4, -0.2) is 43.0 Å². The lowest BCUT2D eigenvalue weighted by Gasteiger charge is -2.26. The summed E-state index contributed by atoms with van der Waals surface area (Å²) in [7, 11) is 0. The van der Waals surface area contributed by atoms with Crippen molar-refractivity contribution in [3.8, 4) is 5.75 Å². The van der Waals surface area contributed by atoms with Crippen molar-refractivity contribution in [2.24, 2.45) is 0 Å². The molecule has 0 radical (unpaired) electrons. The van der Waals surface area contributed by atoms with Crippen molar-refractivity contribution in [1.29, 1.82) is 0 Å². The van der Waals surface area contributed by atoms with Crippen molar-refractivity contribution in [2.45, 2.75) is 0 Å². The molecule has 1 fully saturated rings. The lowest BCUT2D eigenvalue weighted by Crippen LogP contribution is -2.51. The number of nitrogens with zero attached hydrogens (tertiary/aromatic N) is 1. The molecule has 1 saturated heterocycles. The van der Waals surface area contributed by atoms with Crippen molar-refractivity contribution in [3.05, 3.63) is 28.5 Å². The normalized spacial score (nSPS) is 15.1. The SMILES string of the molecule is O=C1CN(C(=O)COc2ccc(Br)cc2F)CCN1. The number of halogens is 2. The van der Waals surface area contributed by atoms with Gasteiger partial charge in [0.05, 0.1) is 6.54 Å². The first-order valence-corrected chi connectivity index (χ1v) is 6.48. The minimum atomic E-state index is -0.543. The summed E-state index contributed by atoms with van der Waals surface area (Å²) >= 11 is 3.13. The van der Waals surface area contributed by atoms with Crippen LogP contribution in [0.3, 0.4) is 0 Å². The molecule has 1 aliphatic rings. The Kier molecular flexibility index (Phi) is 4.36. The topological polar surface area (TPSA) is 58.6 Å². The molecule has 0 unspecified atom stereocenters. The molecule has 1 N–H and O–H groups in total. The number of carbonyl (C=O) groups is 2. The summed E-state index contributed by atoms with van der Waals surface area (Å²) in [5.74, 6) is -1.07. The highest BCUT2D eigenvalue weighted by molar-refractivity contribution is 9.10. The van der Waals surface area contributed by atoms with Crippen LogP contribution in [0.15, 0.2) is 22.7 Å². The summed E-state index contributed by atoms with van der Waals surface area (Å²) in [5.41, 5.74) is 0. The van der Waals surface area contributed by atoms with Crippen molar-refractivity contribution in [3.63, 3.8) is 0 Å². The van der Waals surface area contributed by atoms with E-state index in [0.29, 0.717) is 17.6 Å². The molecule has 2 amide bonds. The first-order chi connectivity index (χ1) is 9.06. The minimum Gasteiger partial charge on any atom is -0.481 e. The molecule has 7 heteroatoms. The number of piperazine rings is 1. The van der Waals surface area contributed by atoms with Crippen LogP contribution < -0.4 is 10.1 Å². The van der Waals surface area contributed by atoms with Crippen LogP contribution in [0.5, 0.6) is 5.75 Å². The Hall–Kier alpha value is -1.63. The van der Waals surface area contributed by atoms with E-state index in [4.69, 9.17) is 4.74 Å². The van der Waals surface area contributed by atoms with Gasteiger partial charge in [-0.05, 0) is 18.2 Å². The molecule has 0 aromatic heterocycles. The van der Waals surface area contributed by atoms with Crippen LogP contribution in [0.4, 0.5) is 4.39 Å². The highest BCUT2D eigenvalue weighted by Gasteiger charge is 2.21. The Bertz CT molecular complexity index is 510. The molecule has 1 heterocycles. The third-order valence-electron chi connectivity index (χ3n) is 2.64. The number of rotatable bonds is 3. The number of hydrogen-bond donors (Lipinski definition) is 1. The maximum absolute atomic E-state index is 13.5. The van der Waals surface area contributed by atoms with Gasteiger partial charge in [-0.15, -0.1) is 0 Å². The fourth-order valence-corrected chi connectivity index (χ4v) is 2.01. The molecule has 0 atom stereocenters. The van der Waals surface area contributed by atoms with Gasteiger partial charge in [-0.25, -0.2) is 4.39 Å². The highest BCUT2D eigenvalue weighted by Crippen LogP contribution is 2.21. The van der Waals surface area contributed by atoms with Crippen molar-refractivity contribution in [2.75, 3.05) is 26.2 Å². The first-order valence-electron chi connectivity index (χ1n) is 5.68. The number of carbonyl (C=O) groups excluding carboxylic acids is 2. The third kappa shape index (κ3) is 3.66. The summed E-state index contributed by atoms with van der Waals surface area (Å²) in [4.78, 5) is 24.3. The number of hydrogen-bond acceptors (Lipinski definition) is 3. The Balaban J connectivity index is 1.91. The van der Waals surface area contributed by atoms with E-state index >= 15 is 0 Å². The summed E-state index contributed by atoms with van der Waals surface area (Å²) < 4.78 is 19.2. The maximum Gasteiger partial charge on any atom is 0.261 e. The van der Waals surface area contributed by atoms with E-state index in [9.17, 15) is 14.0 Å². The molecular weight excluding hydrogens is 319 g/mol. The molecule has 0 spiro atoms. The third-order valence-corrected chi connectivity index (χ3v) is 3.13. The van der Waals surface area contributed by atoms with E-state index in [1.54, 1.807) is 6.07 Å². The molecule has 2 rings (SSSR count). The second-order valence-electron chi connectivity index (χ2n) is 4.03. The molecule has 1 aliphatic heterocycles. The number of amides is 2. The van der Waals surface area contributed by atoms with Gasteiger partial charge >= 0.3 is 0 Å². The van der Waals surface area contributed by atoms with E-state index in [1.165, 1.54) is 17.0 Å². The highest BCUT2D eigenvalue weighted by atomic mass is 79.9. The molecule has 102 valence electrons. The van der Waals surface area contributed by atoms with Crippen molar-refractivity contribution < 1.29 is 18.7 Å². The van der Waals surface area contributed by atoms with Crippen LogP contribution in [-0.2, 0) is 9.59 Å². The van der Waals surface area contributed by atoms with Gasteiger partial charge in [0, 0.05) is 17.6 Å². The summed E-state index contributed by atoms with van der Waals surface area (Å²) in [6.45, 7) is 0.602. The lowest BCUT2D eigenvalue weighted by atomic mass is 10.3. The van der Waals surface area contributed by atoms with Gasteiger partial charge in [-0.3, -0.25) is 9.59 Å². The molecular formula is C12H12BrFN2O3. The monoisotopic (exact) mass is 330 g/mol. The van der Waals surface area contributed by atoms with Gasteiger partial charge in [0.15, 0.2) is 18.2 Å². The van der Waals surface area contributed by atoms with Gasteiger partial charge in [-0.2, -0.15) is 0 Å². The second-order valence-corrected chi connectivity index (χ2v) is 4.94. The maximum atomic E-state index is 13.5. The molecule has 1 aromatic rings. The molecule has 0 saturated carbocycles. The van der Waals surface area contributed by atoms with Crippen LogP contribution in [0.25, 0.3) is 0 Å². The zero-order valence-electron chi connectivity index (χ0n) is 9.99. The largest absolute Gasteiger partial charge is 0.481 e. The predicted octanol–water partition coefficient (Wildman–Crippen LogP) is 0.925. The average molecular weight is 331 g/mol. The number of nitrogens with one attached hydrogen (secondary N) is 1. The van der Waals surface area contributed by atoms with Crippen LogP contribution in [0.1, 0.15) is 0 Å². The van der Waals surface area contributed by atoms with Gasteiger partial charge in [0.1, 0.15) is 0 Å².